The van der Waals surface area contributed by atoms with Crippen LogP contribution < -0.4 is 5.32 Å². The van der Waals surface area contributed by atoms with Crippen LogP contribution in [0.4, 0.5) is 0 Å². The van der Waals surface area contributed by atoms with Crippen LogP contribution in [0.5, 0.6) is 0 Å². The zero-order chi connectivity index (χ0) is 14.8. The fraction of sp³-hybridized carbons (Fsp3) is 0.923. The molecule has 0 saturated carbocycles. The second-order valence-corrected chi connectivity index (χ2v) is 7.99. The van der Waals surface area contributed by atoms with Gasteiger partial charge in [0.05, 0.1) is 18.1 Å². The van der Waals surface area contributed by atoms with Crippen molar-refractivity contribution in [3.05, 3.63) is 0 Å². The van der Waals surface area contributed by atoms with Crippen molar-refractivity contribution in [3.8, 4) is 0 Å². The van der Waals surface area contributed by atoms with E-state index in [1.165, 1.54) is 0 Å². The maximum atomic E-state index is 12.5. The lowest BCUT2D eigenvalue weighted by Gasteiger charge is -2.36. The Morgan fingerprint density at radius 2 is 2.14 bits per heavy atom. The Bertz CT molecular complexity index is 458. The number of piperazine rings is 1. The Hall–Kier alpha value is -0.370. The van der Waals surface area contributed by atoms with Crippen molar-refractivity contribution < 1.29 is 13.2 Å². The van der Waals surface area contributed by atoms with Crippen LogP contribution in [0.2, 0.25) is 0 Å². The van der Waals surface area contributed by atoms with E-state index in [1.807, 2.05) is 6.92 Å². The molecule has 2 saturated heterocycles. The molecule has 0 aromatic heterocycles. The molecule has 2 unspecified atom stereocenters. The van der Waals surface area contributed by atoms with E-state index >= 15 is 0 Å². The first-order valence-corrected chi connectivity index (χ1v) is 9.19. The van der Waals surface area contributed by atoms with Crippen LogP contribution in [0, 0.1) is 0 Å². The number of sulfone groups is 1. The van der Waals surface area contributed by atoms with E-state index < -0.39 is 9.84 Å². The van der Waals surface area contributed by atoms with E-state index in [4.69, 9.17) is 0 Å². The molecule has 124 valence electrons. The third kappa shape index (κ3) is 4.81. The normalized spacial score (nSPS) is 28.9. The van der Waals surface area contributed by atoms with E-state index in [0.29, 0.717) is 25.6 Å². The molecular weight excluding hydrogens is 314 g/mol. The second-order valence-electron chi connectivity index (χ2n) is 5.76. The molecule has 8 heteroatoms. The first kappa shape index (κ1) is 18.7. The summed E-state index contributed by atoms with van der Waals surface area (Å²) in [4.78, 5) is 16.4. The van der Waals surface area contributed by atoms with Crippen molar-refractivity contribution in [2.24, 2.45) is 0 Å². The summed E-state index contributed by atoms with van der Waals surface area (Å²) in [5.74, 6) is 0.401. The average molecular weight is 340 g/mol. The van der Waals surface area contributed by atoms with Crippen LogP contribution in [0.15, 0.2) is 0 Å². The Balaban J connectivity index is 0.00000220. The third-order valence-corrected chi connectivity index (χ3v) is 6.04. The molecule has 0 aromatic carbocycles. The highest BCUT2D eigenvalue weighted by Gasteiger charge is 2.34. The molecule has 2 aliphatic rings. The van der Waals surface area contributed by atoms with Gasteiger partial charge in [-0.1, -0.05) is 0 Å². The number of hydrogen-bond acceptors (Lipinski definition) is 5. The number of rotatable bonds is 4. The van der Waals surface area contributed by atoms with Gasteiger partial charge in [-0.3, -0.25) is 9.69 Å². The molecule has 0 spiro atoms. The van der Waals surface area contributed by atoms with Crippen LogP contribution in [-0.2, 0) is 14.6 Å². The molecule has 0 aliphatic carbocycles. The number of carbonyl (C=O) groups is 1. The molecule has 2 rings (SSSR count). The highest BCUT2D eigenvalue weighted by Crippen LogP contribution is 2.18. The summed E-state index contributed by atoms with van der Waals surface area (Å²) in [7, 11) is -2.95. The van der Waals surface area contributed by atoms with Crippen LogP contribution >= 0.6 is 12.4 Å². The average Bonchev–Trinajstić information content (AvgIpc) is 2.73. The molecular formula is C13H26ClN3O3S. The van der Waals surface area contributed by atoms with Gasteiger partial charge in [-0.05, 0) is 20.3 Å². The van der Waals surface area contributed by atoms with E-state index in [2.05, 4.69) is 17.1 Å². The molecule has 0 bridgehead atoms. The quantitative estimate of drug-likeness (QED) is 0.764. The summed E-state index contributed by atoms with van der Waals surface area (Å²) < 4.78 is 23.1. The van der Waals surface area contributed by atoms with Crippen LogP contribution in [0.1, 0.15) is 20.3 Å². The lowest BCUT2D eigenvalue weighted by Crippen LogP contribution is -2.54. The highest BCUT2D eigenvalue weighted by molar-refractivity contribution is 7.91. The minimum Gasteiger partial charge on any atom is -0.338 e. The second kappa shape index (κ2) is 7.76. The van der Waals surface area contributed by atoms with Gasteiger partial charge < -0.3 is 10.2 Å². The van der Waals surface area contributed by atoms with Crippen molar-refractivity contribution in [1.29, 1.82) is 0 Å². The lowest BCUT2D eigenvalue weighted by atomic mass is 10.2. The van der Waals surface area contributed by atoms with Gasteiger partial charge in [0.25, 0.3) is 0 Å². The minimum absolute atomic E-state index is 0. The molecule has 1 amide bonds. The van der Waals surface area contributed by atoms with E-state index in [0.717, 1.165) is 19.6 Å². The van der Waals surface area contributed by atoms with Gasteiger partial charge in [-0.25, -0.2) is 8.42 Å². The largest absolute Gasteiger partial charge is 0.338 e. The first-order valence-electron chi connectivity index (χ1n) is 7.37. The number of carbonyl (C=O) groups excluding carboxylic acids is 1. The Morgan fingerprint density at radius 1 is 1.43 bits per heavy atom. The number of likely N-dealkylation sites (N-methyl/N-ethyl adjacent to an activating group) is 1. The monoisotopic (exact) mass is 339 g/mol. The molecule has 2 heterocycles. The fourth-order valence-electron chi connectivity index (χ4n) is 3.04. The highest BCUT2D eigenvalue weighted by atomic mass is 35.5. The molecule has 0 radical (unpaired) electrons. The van der Waals surface area contributed by atoms with E-state index in [1.54, 1.807) is 4.90 Å². The molecule has 2 aliphatic heterocycles. The van der Waals surface area contributed by atoms with E-state index in [9.17, 15) is 13.2 Å². The molecule has 6 nitrogen and oxygen atoms in total. The lowest BCUT2D eigenvalue weighted by molar-refractivity contribution is -0.134. The van der Waals surface area contributed by atoms with Gasteiger partial charge in [0.15, 0.2) is 9.84 Å². The van der Waals surface area contributed by atoms with Crippen molar-refractivity contribution in [2.75, 3.05) is 44.2 Å². The van der Waals surface area contributed by atoms with Crippen LogP contribution in [0.3, 0.4) is 0 Å². The summed E-state index contributed by atoms with van der Waals surface area (Å²) in [6.45, 7) is 7.68. The van der Waals surface area contributed by atoms with E-state index in [-0.39, 0.29) is 35.9 Å². The predicted octanol–water partition coefficient (Wildman–Crippen LogP) is -0.262. The zero-order valence-electron chi connectivity index (χ0n) is 12.7. The summed E-state index contributed by atoms with van der Waals surface area (Å²) in [5, 5.41) is 3.30. The third-order valence-electron chi connectivity index (χ3n) is 4.29. The molecule has 2 atom stereocenters. The summed E-state index contributed by atoms with van der Waals surface area (Å²) >= 11 is 0. The smallest absolute Gasteiger partial charge is 0.237 e. The van der Waals surface area contributed by atoms with Crippen molar-refractivity contribution >= 4 is 28.2 Å². The standard InChI is InChI=1S/C13H25N3O3S.ClH/c1-3-16(12-4-7-20(18,19)10-12)13(17)9-15-6-5-14-8-11(15)2;/h11-12,14H,3-10H2,1-2H3;1H. The summed E-state index contributed by atoms with van der Waals surface area (Å²) in [6, 6.07) is 0.217. The topological polar surface area (TPSA) is 69.7 Å². The van der Waals surface area contributed by atoms with Crippen LogP contribution in [0.25, 0.3) is 0 Å². The molecule has 21 heavy (non-hydrogen) atoms. The van der Waals surface area contributed by atoms with Crippen molar-refractivity contribution in [3.63, 3.8) is 0 Å². The Labute approximate surface area is 133 Å². The summed E-state index contributed by atoms with van der Waals surface area (Å²) in [6.07, 6.45) is 0.582. The molecule has 1 N–H and O–H groups in total. The van der Waals surface area contributed by atoms with Crippen molar-refractivity contribution in [2.45, 2.75) is 32.4 Å². The van der Waals surface area contributed by atoms with Gasteiger partial charge in [-0.15, -0.1) is 12.4 Å². The Morgan fingerprint density at radius 3 is 2.67 bits per heavy atom. The first-order chi connectivity index (χ1) is 9.43. The van der Waals surface area contributed by atoms with Crippen molar-refractivity contribution in [1.82, 2.24) is 15.1 Å². The fourth-order valence-corrected chi connectivity index (χ4v) is 4.77. The summed E-state index contributed by atoms with van der Waals surface area (Å²) in [5.41, 5.74) is 0. The van der Waals surface area contributed by atoms with Gasteiger partial charge in [-0.2, -0.15) is 0 Å². The molecule has 2 fully saturated rings. The number of hydrogen-bond donors (Lipinski definition) is 1. The van der Waals surface area contributed by atoms with Gasteiger partial charge in [0, 0.05) is 38.3 Å². The maximum absolute atomic E-state index is 12.5. The Kier molecular flexibility index (Phi) is 6.90. The molecule has 0 aromatic rings. The zero-order valence-corrected chi connectivity index (χ0v) is 14.4. The number of nitrogens with zero attached hydrogens (tertiary/aromatic N) is 2. The number of nitrogens with one attached hydrogen (secondary N) is 1. The van der Waals surface area contributed by atoms with Gasteiger partial charge >= 0.3 is 0 Å². The van der Waals surface area contributed by atoms with Crippen LogP contribution in [-0.4, -0.2) is 80.4 Å². The number of amides is 1. The van der Waals surface area contributed by atoms with Gasteiger partial charge in [0.1, 0.15) is 0 Å². The maximum Gasteiger partial charge on any atom is 0.237 e. The predicted molar refractivity (Wildman–Crippen MR) is 85.6 cm³/mol. The minimum atomic E-state index is -2.95. The SMILES string of the molecule is CCN(C(=O)CN1CCNCC1C)C1CCS(=O)(=O)C1.Cl. The number of halogens is 1. The van der Waals surface area contributed by atoms with Gasteiger partial charge in [0.2, 0.25) is 5.91 Å².